The number of carbonyl (C=O) groups is 1. The van der Waals surface area contributed by atoms with Gasteiger partial charge < -0.3 is 11.1 Å². The van der Waals surface area contributed by atoms with Crippen molar-refractivity contribution < 1.29 is 4.79 Å². The largest absolute Gasteiger partial charge is 0.349 e. The number of carbonyl (C=O) groups excluding carboxylic acids is 1. The van der Waals surface area contributed by atoms with Gasteiger partial charge in [-0.05, 0) is 18.6 Å². The van der Waals surface area contributed by atoms with Crippen LogP contribution in [0.3, 0.4) is 0 Å². The topological polar surface area (TPSA) is 80.9 Å². The van der Waals surface area contributed by atoms with Gasteiger partial charge in [-0.25, -0.2) is 9.97 Å². The molecule has 1 amide bonds. The van der Waals surface area contributed by atoms with Gasteiger partial charge in [0.05, 0.1) is 12.2 Å². The van der Waals surface area contributed by atoms with Crippen molar-refractivity contribution in [2.45, 2.75) is 19.5 Å². The number of benzene rings is 1. The SMILES string of the molecule is Cc1nccc(CNC(=O)[C@@H](N)c2ccccc2)n1. The Kier molecular flexibility index (Phi) is 4.20. The molecule has 0 bridgehead atoms. The van der Waals surface area contributed by atoms with Crippen molar-refractivity contribution in [3.63, 3.8) is 0 Å². The van der Waals surface area contributed by atoms with Crippen LogP contribution in [-0.4, -0.2) is 15.9 Å². The highest BCUT2D eigenvalue weighted by atomic mass is 16.2. The first-order chi connectivity index (χ1) is 9.16. The number of nitrogens with zero attached hydrogens (tertiary/aromatic N) is 2. The summed E-state index contributed by atoms with van der Waals surface area (Å²) in [4.78, 5) is 20.1. The Morgan fingerprint density at radius 1 is 1.32 bits per heavy atom. The standard InChI is InChI=1S/C14H16N4O/c1-10-16-8-7-12(18-10)9-17-14(19)13(15)11-5-3-2-4-6-11/h2-8,13H,9,15H2,1H3,(H,17,19)/t13-/m0/s1. The highest BCUT2D eigenvalue weighted by Crippen LogP contribution is 2.09. The summed E-state index contributed by atoms with van der Waals surface area (Å²) in [7, 11) is 0. The zero-order chi connectivity index (χ0) is 13.7. The van der Waals surface area contributed by atoms with Gasteiger partial charge in [0.15, 0.2) is 0 Å². The maximum Gasteiger partial charge on any atom is 0.241 e. The summed E-state index contributed by atoms with van der Waals surface area (Å²) in [6.07, 6.45) is 1.67. The van der Waals surface area contributed by atoms with Crippen molar-refractivity contribution in [2.24, 2.45) is 5.73 Å². The van der Waals surface area contributed by atoms with Crippen LogP contribution < -0.4 is 11.1 Å². The molecule has 3 N–H and O–H groups in total. The highest BCUT2D eigenvalue weighted by molar-refractivity contribution is 5.82. The number of nitrogens with two attached hydrogens (primary N) is 1. The molecule has 0 saturated heterocycles. The minimum Gasteiger partial charge on any atom is -0.349 e. The molecule has 98 valence electrons. The van der Waals surface area contributed by atoms with Crippen LogP contribution in [0.2, 0.25) is 0 Å². The molecule has 1 heterocycles. The van der Waals surface area contributed by atoms with Crippen LogP contribution in [0.1, 0.15) is 23.1 Å². The number of rotatable bonds is 4. The summed E-state index contributed by atoms with van der Waals surface area (Å²) in [6.45, 7) is 2.16. The molecular formula is C14H16N4O. The third-order valence-corrected chi connectivity index (χ3v) is 2.72. The Morgan fingerprint density at radius 2 is 2.05 bits per heavy atom. The van der Waals surface area contributed by atoms with Gasteiger partial charge in [-0.3, -0.25) is 4.79 Å². The molecule has 0 saturated carbocycles. The lowest BCUT2D eigenvalue weighted by atomic mass is 10.1. The molecule has 0 aliphatic rings. The minimum absolute atomic E-state index is 0.220. The van der Waals surface area contributed by atoms with Gasteiger partial charge in [-0.2, -0.15) is 0 Å². The fourth-order valence-corrected chi connectivity index (χ4v) is 1.70. The average molecular weight is 256 g/mol. The van der Waals surface area contributed by atoms with E-state index in [0.717, 1.165) is 11.3 Å². The van der Waals surface area contributed by atoms with Gasteiger partial charge in [0.1, 0.15) is 11.9 Å². The van der Waals surface area contributed by atoms with Crippen LogP contribution in [0.5, 0.6) is 0 Å². The highest BCUT2D eigenvalue weighted by Gasteiger charge is 2.14. The second-order valence-corrected chi connectivity index (χ2v) is 4.20. The fourth-order valence-electron chi connectivity index (χ4n) is 1.70. The summed E-state index contributed by atoms with van der Waals surface area (Å²) in [5, 5.41) is 2.77. The molecule has 1 atom stereocenters. The predicted octanol–water partition coefficient (Wildman–Crippen LogP) is 1.10. The first kappa shape index (κ1) is 13.2. The van der Waals surface area contributed by atoms with Crippen molar-refractivity contribution in [2.75, 3.05) is 0 Å². The van der Waals surface area contributed by atoms with E-state index in [1.807, 2.05) is 30.3 Å². The zero-order valence-corrected chi connectivity index (χ0v) is 10.7. The number of aromatic nitrogens is 2. The Labute approximate surface area is 111 Å². The first-order valence-corrected chi connectivity index (χ1v) is 6.03. The van der Waals surface area contributed by atoms with Gasteiger partial charge in [-0.1, -0.05) is 30.3 Å². The molecule has 5 nitrogen and oxygen atoms in total. The van der Waals surface area contributed by atoms with Crippen LogP contribution in [0.4, 0.5) is 0 Å². The van der Waals surface area contributed by atoms with Crippen LogP contribution in [0.15, 0.2) is 42.6 Å². The van der Waals surface area contributed by atoms with E-state index >= 15 is 0 Å². The quantitative estimate of drug-likeness (QED) is 0.858. The third-order valence-electron chi connectivity index (χ3n) is 2.72. The van der Waals surface area contributed by atoms with Crippen LogP contribution in [0, 0.1) is 6.92 Å². The number of amides is 1. The average Bonchev–Trinajstić information content (AvgIpc) is 2.45. The molecule has 0 unspecified atom stereocenters. The third kappa shape index (κ3) is 3.59. The van der Waals surface area contributed by atoms with Gasteiger partial charge in [0.25, 0.3) is 0 Å². The van der Waals surface area contributed by atoms with E-state index < -0.39 is 6.04 Å². The lowest BCUT2D eigenvalue weighted by Crippen LogP contribution is -2.33. The molecule has 19 heavy (non-hydrogen) atoms. The fraction of sp³-hybridized carbons (Fsp3) is 0.214. The Hall–Kier alpha value is -2.27. The Balaban J connectivity index is 1.95. The van der Waals surface area contributed by atoms with E-state index in [0.29, 0.717) is 12.4 Å². The summed E-state index contributed by atoms with van der Waals surface area (Å²) in [5.74, 6) is 0.460. The minimum atomic E-state index is -0.663. The second-order valence-electron chi connectivity index (χ2n) is 4.20. The van der Waals surface area contributed by atoms with Crippen LogP contribution in [-0.2, 0) is 11.3 Å². The summed E-state index contributed by atoms with van der Waals surface area (Å²) in [6, 6.07) is 10.4. The van der Waals surface area contributed by atoms with E-state index in [-0.39, 0.29) is 5.91 Å². The summed E-state index contributed by atoms with van der Waals surface area (Å²) in [5.41, 5.74) is 7.44. The lowest BCUT2D eigenvalue weighted by molar-refractivity contribution is -0.122. The number of nitrogens with one attached hydrogen (secondary N) is 1. The normalized spacial score (nSPS) is 11.9. The number of aryl methyl sites for hydroxylation is 1. The Bertz CT molecular complexity index is 556. The van der Waals surface area contributed by atoms with E-state index in [1.165, 1.54) is 0 Å². The molecule has 5 heteroatoms. The van der Waals surface area contributed by atoms with Gasteiger partial charge in [-0.15, -0.1) is 0 Å². The monoisotopic (exact) mass is 256 g/mol. The molecule has 0 fully saturated rings. The molecule has 0 aliphatic heterocycles. The molecule has 2 rings (SSSR count). The molecule has 1 aromatic carbocycles. The van der Waals surface area contributed by atoms with Crippen LogP contribution >= 0.6 is 0 Å². The van der Waals surface area contributed by atoms with E-state index in [4.69, 9.17) is 5.73 Å². The maximum absolute atomic E-state index is 11.9. The van der Waals surface area contributed by atoms with E-state index in [2.05, 4.69) is 15.3 Å². The zero-order valence-electron chi connectivity index (χ0n) is 10.7. The van der Waals surface area contributed by atoms with Crippen molar-refractivity contribution in [1.82, 2.24) is 15.3 Å². The van der Waals surface area contributed by atoms with Crippen molar-refractivity contribution in [3.05, 3.63) is 59.7 Å². The van der Waals surface area contributed by atoms with Gasteiger partial charge in [0.2, 0.25) is 5.91 Å². The predicted molar refractivity (Wildman–Crippen MR) is 72.0 cm³/mol. The smallest absolute Gasteiger partial charge is 0.241 e. The molecule has 2 aromatic rings. The maximum atomic E-state index is 11.9. The Morgan fingerprint density at radius 3 is 2.74 bits per heavy atom. The molecule has 0 spiro atoms. The molecule has 1 aromatic heterocycles. The first-order valence-electron chi connectivity index (χ1n) is 6.03. The lowest BCUT2D eigenvalue weighted by Gasteiger charge is -2.12. The molecular weight excluding hydrogens is 240 g/mol. The van der Waals surface area contributed by atoms with Crippen molar-refractivity contribution in [3.8, 4) is 0 Å². The van der Waals surface area contributed by atoms with Crippen LogP contribution in [0.25, 0.3) is 0 Å². The van der Waals surface area contributed by atoms with Gasteiger partial charge >= 0.3 is 0 Å². The summed E-state index contributed by atoms with van der Waals surface area (Å²) >= 11 is 0. The van der Waals surface area contributed by atoms with Crippen molar-refractivity contribution >= 4 is 5.91 Å². The van der Waals surface area contributed by atoms with E-state index in [9.17, 15) is 4.79 Å². The van der Waals surface area contributed by atoms with Crippen molar-refractivity contribution in [1.29, 1.82) is 0 Å². The number of hydrogen-bond donors (Lipinski definition) is 2. The van der Waals surface area contributed by atoms with E-state index in [1.54, 1.807) is 19.2 Å². The number of hydrogen-bond acceptors (Lipinski definition) is 4. The second kappa shape index (κ2) is 6.06. The summed E-state index contributed by atoms with van der Waals surface area (Å²) < 4.78 is 0. The van der Waals surface area contributed by atoms with Gasteiger partial charge in [0, 0.05) is 6.20 Å². The molecule has 0 aliphatic carbocycles. The molecule has 0 radical (unpaired) electrons.